The maximum atomic E-state index is 12.7. The maximum absolute atomic E-state index is 12.7. The molecule has 1 amide bonds. The number of hydrogen-bond acceptors (Lipinski definition) is 5. The van der Waals surface area contributed by atoms with Gasteiger partial charge >= 0.3 is 5.97 Å². The SMILES string of the molecule is CCC(CO)N(CC(C)C(=O)OC)C(=O)/C=C/c1cccc(OC(C)C)c1. The van der Waals surface area contributed by atoms with Crippen LogP contribution < -0.4 is 4.74 Å². The predicted molar refractivity (Wildman–Crippen MR) is 105 cm³/mol. The number of aliphatic hydroxyl groups is 1. The summed E-state index contributed by atoms with van der Waals surface area (Å²) in [5.41, 5.74) is 0.833. The normalized spacial score (nSPS) is 13.4. The number of aliphatic hydroxyl groups excluding tert-OH is 1. The van der Waals surface area contributed by atoms with Crippen LogP contribution in [-0.4, -0.2) is 54.3 Å². The minimum absolute atomic E-state index is 0.0658. The third-order valence-corrected chi connectivity index (χ3v) is 4.13. The highest BCUT2D eigenvalue weighted by molar-refractivity contribution is 5.92. The van der Waals surface area contributed by atoms with Crippen molar-refractivity contribution < 1.29 is 24.2 Å². The molecule has 1 N–H and O–H groups in total. The first kappa shape index (κ1) is 22.7. The number of amides is 1. The molecule has 0 aliphatic carbocycles. The highest BCUT2D eigenvalue weighted by Gasteiger charge is 2.25. The molecule has 0 saturated carbocycles. The van der Waals surface area contributed by atoms with E-state index in [4.69, 9.17) is 9.47 Å². The van der Waals surface area contributed by atoms with E-state index < -0.39 is 5.92 Å². The Kier molecular flexibility index (Phi) is 9.58. The van der Waals surface area contributed by atoms with E-state index >= 15 is 0 Å². The largest absolute Gasteiger partial charge is 0.491 e. The molecule has 150 valence electrons. The van der Waals surface area contributed by atoms with E-state index in [1.807, 2.05) is 45.0 Å². The highest BCUT2D eigenvalue weighted by atomic mass is 16.5. The smallest absolute Gasteiger partial charge is 0.310 e. The summed E-state index contributed by atoms with van der Waals surface area (Å²) in [4.78, 5) is 26.0. The van der Waals surface area contributed by atoms with Crippen molar-refractivity contribution in [1.29, 1.82) is 0 Å². The van der Waals surface area contributed by atoms with Crippen molar-refractivity contribution in [1.82, 2.24) is 4.90 Å². The summed E-state index contributed by atoms with van der Waals surface area (Å²) in [5.74, 6) is -0.391. The first-order chi connectivity index (χ1) is 12.8. The van der Waals surface area contributed by atoms with Gasteiger partial charge in [-0.15, -0.1) is 0 Å². The summed E-state index contributed by atoms with van der Waals surface area (Å²) in [5, 5.41) is 9.61. The molecule has 6 heteroatoms. The second kappa shape index (κ2) is 11.4. The second-order valence-electron chi connectivity index (χ2n) is 6.73. The van der Waals surface area contributed by atoms with E-state index in [1.54, 1.807) is 13.0 Å². The van der Waals surface area contributed by atoms with Gasteiger partial charge in [0.15, 0.2) is 0 Å². The Hall–Kier alpha value is -2.34. The van der Waals surface area contributed by atoms with E-state index in [0.29, 0.717) is 6.42 Å². The van der Waals surface area contributed by atoms with Crippen LogP contribution in [0.1, 0.15) is 39.7 Å². The summed E-state index contributed by atoms with van der Waals surface area (Å²) >= 11 is 0. The number of ether oxygens (including phenoxy) is 2. The van der Waals surface area contributed by atoms with Crippen molar-refractivity contribution in [2.45, 2.75) is 46.3 Å². The van der Waals surface area contributed by atoms with Crippen LogP contribution in [0.2, 0.25) is 0 Å². The van der Waals surface area contributed by atoms with Gasteiger partial charge in [-0.1, -0.05) is 26.0 Å². The summed E-state index contributed by atoms with van der Waals surface area (Å²) in [6, 6.07) is 7.10. The van der Waals surface area contributed by atoms with E-state index in [-0.39, 0.29) is 37.2 Å². The Morgan fingerprint density at radius 2 is 1.96 bits per heavy atom. The lowest BCUT2D eigenvalue weighted by Gasteiger charge is -2.30. The number of benzene rings is 1. The molecule has 1 rings (SSSR count). The topological polar surface area (TPSA) is 76.1 Å². The van der Waals surface area contributed by atoms with Crippen molar-refractivity contribution in [3.63, 3.8) is 0 Å². The van der Waals surface area contributed by atoms with Crippen LogP contribution >= 0.6 is 0 Å². The Morgan fingerprint density at radius 1 is 1.26 bits per heavy atom. The van der Waals surface area contributed by atoms with E-state index in [2.05, 4.69) is 0 Å². The zero-order valence-electron chi connectivity index (χ0n) is 16.8. The molecule has 1 aromatic rings. The predicted octanol–water partition coefficient (Wildman–Crippen LogP) is 2.90. The number of carbonyl (C=O) groups is 2. The van der Waals surface area contributed by atoms with Crippen LogP contribution in [-0.2, 0) is 14.3 Å². The van der Waals surface area contributed by atoms with Crippen molar-refractivity contribution >= 4 is 18.0 Å². The van der Waals surface area contributed by atoms with Crippen molar-refractivity contribution in [2.24, 2.45) is 5.92 Å². The average Bonchev–Trinajstić information content (AvgIpc) is 2.65. The van der Waals surface area contributed by atoms with Gasteiger partial charge < -0.3 is 19.5 Å². The third-order valence-electron chi connectivity index (χ3n) is 4.13. The standard InChI is InChI=1S/C21H31NO5/c1-6-18(14-23)22(13-16(4)21(25)26-5)20(24)11-10-17-8-7-9-19(12-17)27-15(2)3/h7-12,15-16,18,23H,6,13-14H2,1-5H3/b11-10+. The number of hydrogen-bond donors (Lipinski definition) is 1. The fraction of sp³-hybridized carbons (Fsp3) is 0.524. The molecule has 27 heavy (non-hydrogen) atoms. The van der Waals surface area contributed by atoms with Crippen LogP contribution in [0.4, 0.5) is 0 Å². The molecule has 0 heterocycles. The Labute approximate surface area is 161 Å². The van der Waals surface area contributed by atoms with Gasteiger partial charge in [-0.3, -0.25) is 9.59 Å². The fourth-order valence-electron chi connectivity index (χ4n) is 2.66. The minimum atomic E-state index is -0.476. The molecule has 0 fully saturated rings. The summed E-state index contributed by atoms with van der Waals surface area (Å²) < 4.78 is 10.4. The van der Waals surface area contributed by atoms with E-state index in [0.717, 1.165) is 11.3 Å². The van der Waals surface area contributed by atoms with Gasteiger partial charge in [0.2, 0.25) is 5.91 Å². The molecule has 0 radical (unpaired) electrons. The maximum Gasteiger partial charge on any atom is 0.310 e. The molecule has 6 nitrogen and oxygen atoms in total. The molecule has 0 aliphatic heterocycles. The number of esters is 1. The molecule has 2 unspecified atom stereocenters. The molecular weight excluding hydrogens is 346 g/mol. The summed E-state index contributed by atoms with van der Waals surface area (Å²) in [7, 11) is 1.32. The molecule has 2 atom stereocenters. The van der Waals surface area contributed by atoms with Gasteiger partial charge in [-0.2, -0.15) is 0 Å². The Balaban J connectivity index is 2.94. The number of rotatable bonds is 10. The Bertz CT molecular complexity index is 637. The average molecular weight is 377 g/mol. The van der Waals surface area contributed by atoms with Crippen LogP contribution in [0.5, 0.6) is 5.75 Å². The molecule has 0 spiro atoms. The molecule has 0 saturated heterocycles. The lowest BCUT2D eigenvalue weighted by Crippen LogP contribution is -2.45. The number of carbonyl (C=O) groups excluding carboxylic acids is 2. The van der Waals surface area contributed by atoms with E-state index in [9.17, 15) is 14.7 Å². The number of methoxy groups -OCH3 is 1. The second-order valence-corrected chi connectivity index (χ2v) is 6.73. The third kappa shape index (κ3) is 7.43. The first-order valence-electron chi connectivity index (χ1n) is 9.26. The fourth-order valence-corrected chi connectivity index (χ4v) is 2.66. The van der Waals surface area contributed by atoms with Gasteiger partial charge in [-0.05, 0) is 44.0 Å². The van der Waals surface area contributed by atoms with Crippen LogP contribution in [0.15, 0.2) is 30.3 Å². The van der Waals surface area contributed by atoms with Crippen LogP contribution in [0.3, 0.4) is 0 Å². The van der Waals surface area contributed by atoms with Gasteiger partial charge in [0.1, 0.15) is 5.75 Å². The van der Waals surface area contributed by atoms with Crippen molar-refractivity contribution in [3.05, 3.63) is 35.9 Å². The first-order valence-corrected chi connectivity index (χ1v) is 9.26. The van der Waals surface area contributed by atoms with Crippen molar-refractivity contribution in [3.8, 4) is 5.75 Å². The molecule has 1 aromatic carbocycles. The summed E-state index contributed by atoms with van der Waals surface area (Å²) in [6.45, 7) is 7.51. The zero-order valence-corrected chi connectivity index (χ0v) is 16.8. The van der Waals surface area contributed by atoms with Gasteiger partial charge in [0.25, 0.3) is 0 Å². The molecular formula is C21H31NO5. The van der Waals surface area contributed by atoms with Gasteiger partial charge in [0, 0.05) is 12.6 Å². The Morgan fingerprint density at radius 3 is 2.52 bits per heavy atom. The zero-order chi connectivity index (χ0) is 20.4. The highest BCUT2D eigenvalue weighted by Crippen LogP contribution is 2.17. The van der Waals surface area contributed by atoms with Gasteiger partial charge in [-0.25, -0.2) is 0 Å². The lowest BCUT2D eigenvalue weighted by atomic mass is 10.1. The quantitative estimate of drug-likeness (QED) is 0.501. The summed E-state index contributed by atoms with van der Waals surface area (Å²) in [6.07, 6.45) is 3.81. The lowest BCUT2D eigenvalue weighted by molar-refractivity contribution is -0.146. The molecule has 0 bridgehead atoms. The van der Waals surface area contributed by atoms with E-state index in [1.165, 1.54) is 18.1 Å². The molecule has 0 aliphatic rings. The minimum Gasteiger partial charge on any atom is -0.491 e. The van der Waals surface area contributed by atoms with Gasteiger partial charge in [0.05, 0.1) is 31.8 Å². The van der Waals surface area contributed by atoms with Crippen LogP contribution in [0.25, 0.3) is 6.08 Å². The van der Waals surface area contributed by atoms with Crippen molar-refractivity contribution in [2.75, 3.05) is 20.3 Å². The monoisotopic (exact) mass is 377 g/mol. The van der Waals surface area contributed by atoms with Crippen LogP contribution in [0, 0.1) is 5.92 Å². The molecule has 0 aromatic heterocycles. The number of nitrogens with zero attached hydrogens (tertiary/aromatic N) is 1.